The second kappa shape index (κ2) is 20.0. The highest BCUT2D eigenvalue weighted by molar-refractivity contribution is 5.92. The number of ether oxygens (including phenoxy) is 1. The Morgan fingerprint density at radius 3 is 1.31 bits per heavy atom. The topological polar surface area (TPSA) is 12.5 Å². The van der Waals surface area contributed by atoms with Gasteiger partial charge in [-0.1, -0.05) is 228 Å². The number of para-hydroxylation sites is 1. The molecular weight excluding hydrogens is 895 g/mol. The van der Waals surface area contributed by atoms with Crippen LogP contribution in [-0.2, 0) is 17.3 Å². The largest absolute Gasteiger partial charge is 0.457 e. The Kier molecular flexibility index (Phi) is 12.7. The second-order valence-corrected chi connectivity index (χ2v) is 20.5. The number of benzene rings is 10. The van der Waals surface area contributed by atoms with E-state index in [0.29, 0.717) is 5.92 Å². The lowest BCUT2D eigenvalue weighted by atomic mass is 9.67. The Hall–Kier alpha value is -8.20. The van der Waals surface area contributed by atoms with E-state index in [4.69, 9.17) is 4.74 Å². The summed E-state index contributed by atoms with van der Waals surface area (Å²) in [5.74, 6) is 2.17. The van der Waals surface area contributed by atoms with Crippen LogP contribution in [-0.4, -0.2) is 0 Å². The number of rotatable bonds is 16. The first-order chi connectivity index (χ1) is 36.5. The molecule has 2 unspecified atom stereocenters. The van der Waals surface area contributed by atoms with Crippen LogP contribution in [0.1, 0.15) is 114 Å². The molecule has 0 heterocycles. The van der Waals surface area contributed by atoms with E-state index in [1.807, 2.05) is 0 Å². The first kappa shape index (κ1) is 46.8. The van der Waals surface area contributed by atoms with Gasteiger partial charge in [0.25, 0.3) is 0 Å². The molecule has 74 heavy (non-hydrogen) atoms. The summed E-state index contributed by atoms with van der Waals surface area (Å²) in [6.07, 6.45) is 7.18. The van der Waals surface area contributed by atoms with Gasteiger partial charge in [0.05, 0.1) is 10.8 Å². The van der Waals surface area contributed by atoms with Gasteiger partial charge in [0.2, 0.25) is 0 Å². The lowest BCUT2D eigenvalue weighted by Crippen LogP contribution is -2.29. The fraction of sp³-hybridized carbons (Fsp3) is 0.167. The summed E-state index contributed by atoms with van der Waals surface area (Å²) in [6, 6.07) is 92.8. The monoisotopic (exact) mass is 957 g/mol. The van der Waals surface area contributed by atoms with Gasteiger partial charge < -0.3 is 9.64 Å². The molecule has 10 aromatic rings. The molecule has 362 valence electrons. The Morgan fingerprint density at radius 2 is 0.811 bits per heavy atom. The molecule has 2 aliphatic rings. The van der Waals surface area contributed by atoms with E-state index in [-0.39, 0.29) is 0 Å². The van der Waals surface area contributed by atoms with E-state index in [2.05, 4.69) is 274 Å². The van der Waals surface area contributed by atoms with E-state index in [9.17, 15) is 0 Å². The molecule has 0 saturated carbocycles. The molecule has 2 aliphatic carbocycles. The third-order valence-corrected chi connectivity index (χ3v) is 16.3. The SMILES string of the molecule is CCCCCCc1ccc(C2(c3ccc(Oc4ccc(C(C)CC)cc4)cc3)c3ccccc3-c3ccc(N(c4ccccc4)c4ccc5c(c4)C(c4ccccc4)(c4ccccc4)c4ccccc4-5)cc32)cc1. The molecule has 0 saturated heterocycles. The van der Waals surface area contributed by atoms with Gasteiger partial charge in [0.1, 0.15) is 11.5 Å². The minimum Gasteiger partial charge on any atom is -0.457 e. The Bertz CT molecular complexity index is 3510. The van der Waals surface area contributed by atoms with Crippen molar-refractivity contribution in [2.45, 2.75) is 76.0 Å². The lowest BCUT2D eigenvalue weighted by Gasteiger charge is -2.36. The van der Waals surface area contributed by atoms with Crippen molar-refractivity contribution < 1.29 is 4.74 Å². The van der Waals surface area contributed by atoms with Crippen molar-refractivity contribution in [1.29, 1.82) is 0 Å². The van der Waals surface area contributed by atoms with Crippen LogP contribution in [0.2, 0.25) is 0 Å². The molecule has 0 spiro atoms. The van der Waals surface area contributed by atoms with Crippen LogP contribution >= 0.6 is 0 Å². The van der Waals surface area contributed by atoms with Crippen molar-refractivity contribution in [1.82, 2.24) is 0 Å². The molecule has 0 fully saturated rings. The number of hydrogen-bond acceptors (Lipinski definition) is 2. The normalized spacial score (nSPS) is 15.1. The predicted octanol–water partition coefficient (Wildman–Crippen LogP) is 19.3. The van der Waals surface area contributed by atoms with Crippen molar-refractivity contribution in [3.05, 3.63) is 304 Å². The third-order valence-electron chi connectivity index (χ3n) is 16.3. The van der Waals surface area contributed by atoms with Crippen LogP contribution in [0.15, 0.2) is 249 Å². The molecular formula is C72H63NO. The van der Waals surface area contributed by atoms with Crippen LogP contribution in [0.4, 0.5) is 17.1 Å². The molecule has 2 atom stereocenters. The average molecular weight is 958 g/mol. The maximum atomic E-state index is 6.58. The van der Waals surface area contributed by atoms with Crippen LogP contribution in [0.25, 0.3) is 22.3 Å². The minimum atomic E-state index is -0.628. The number of anilines is 3. The molecule has 2 nitrogen and oxygen atoms in total. The van der Waals surface area contributed by atoms with E-state index >= 15 is 0 Å². The highest BCUT2D eigenvalue weighted by atomic mass is 16.5. The maximum absolute atomic E-state index is 6.58. The van der Waals surface area contributed by atoms with Crippen molar-refractivity contribution in [2.75, 3.05) is 4.90 Å². The Labute approximate surface area is 438 Å². The molecule has 0 aliphatic heterocycles. The minimum absolute atomic E-state index is 0.511. The first-order valence-electron chi connectivity index (χ1n) is 26.9. The summed E-state index contributed by atoms with van der Waals surface area (Å²) in [5.41, 5.74) is 20.0. The number of fused-ring (bicyclic) bond motifs is 6. The zero-order chi connectivity index (χ0) is 50.1. The van der Waals surface area contributed by atoms with Crippen LogP contribution in [0.3, 0.4) is 0 Å². The number of nitrogens with zero attached hydrogens (tertiary/aromatic N) is 1. The molecule has 10 aromatic carbocycles. The third kappa shape index (κ3) is 7.96. The summed E-state index contributed by atoms with van der Waals surface area (Å²) < 4.78 is 6.58. The number of aryl methyl sites for hydroxylation is 1. The summed E-state index contributed by atoms with van der Waals surface area (Å²) in [6.45, 7) is 6.80. The van der Waals surface area contributed by atoms with E-state index < -0.39 is 10.8 Å². The van der Waals surface area contributed by atoms with E-state index in [1.165, 1.54) is 104 Å². The second-order valence-electron chi connectivity index (χ2n) is 20.5. The van der Waals surface area contributed by atoms with Gasteiger partial charge in [0, 0.05) is 17.1 Å². The fourth-order valence-corrected chi connectivity index (χ4v) is 12.5. The Balaban J connectivity index is 1.04. The number of unbranched alkanes of at least 4 members (excludes halogenated alkanes) is 3. The molecule has 0 amide bonds. The Morgan fingerprint density at radius 1 is 0.378 bits per heavy atom. The van der Waals surface area contributed by atoms with Crippen molar-refractivity contribution >= 4 is 17.1 Å². The van der Waals surface area contributed by atoms with Crippen molar-refractivity contribution in [3.8, 4) is 33.8 Å². The van der Waals surface area contributed by atoms with E-state index in [0.717, 1.165) is 41.4 Å². The average Bonchev–Trinajstić information content (AvgIpc) is 3.93. The molecule has 0 radical (unpaired) electrons. The maximum Gasteiger partial charge on any atom is 0.127 e. The number of hydrogen-bond donors (Lipinski definition) is 0. The standard InChI is InChI=1S/C72H63NO/c1-4-6-7-11-22-52-33-37-56(38-34-52)72(57-39-45-62(46-40-57)74-61-43-35-53(36-44-61)51(3)5-2)68-32-21-19-30-64(68)66-48-42-60(50-70(66)72)73(58-27-16-10-17-28-58)59-41-47-65-63-29-18-20-31-67(63)71(69(65)49-59,54-23-12-8-13-24-54)55-25-14-9-15-26-55/h8-10,12-21,23-51H,4-7,11,22H2,1-3H3. The summed E-state index contributed by atoms with van der Waals surface area (Å²) in [4.78, 5) is 2.47. The zero-order valence-corrected chi connectivity index (χ0v) is 42.8. The molecule has 0 aromatic heterocycles. The van der Waals surface area contributed by atoms with Gasteiger partial charge in [-0.15, -0.1) is 0 Å². The summed E-state index contributed by atoms with van der Waals surface area (Å²) in [7, 11) is 0. The van der Waals surface area contributed by atoms with Gasteiger partial charge in [-0.05, 0) is 164 Å². The zero-order valence-electron chi connectivity index (χ0n) is 42.8. The van der Waals surface area contributed by atoms with Gasteiger partial charge in [-0.25, -0.2) is 0 Å². The fourth-order valence-electron chi connectivity index (χ4n) is 12.5. The summed E-state index contributed by atoms with van der Waals surface area (Å²) in [5, 5.41) is 0. The van der Waals surface area contributed by atoms with Crippen LogP contribution in [0, 0.1) is 0 Å². The van der Waals surface area contributed by atoms with Crippen molar-refractivity contribution in [3.63, 3.8) is 0 Å². The highest BCUT2D eigenvalue weighted by Gasteiger charge is 2.48. The lowest BCUT2D eigenvalue weighted by molar-refractivity contribution is 0.481. The molecule has 0 bridgehead atoms. The summed E-state index contributed by atoms with van der Waals surface area (Å²) >= 11 is 0. The smallest absolute Gasteiger partial charge is 0.127 e. The first-order valence-corrected chi connectivity index (χ1v) is 26.9. The predicted molar refractivity (Wildman–Crippen MR) is 309 cm³/mol. The highest BCUT2D eigenvalue weighted by Crippen LogP contribution is 2.60. The molecule has 2 heteroatoms. The molecule has 0 N–H and O–H groups in total. The van der Waals surface area contributed by atoms with Gasteiger partial charge in [-0.3, -0.25) is 0 Å². The van der Waals surface area contributed by atoms with Crippen LogP contribution < -0.4 is 9.64 Å². The van der Waals surface area contributed by atoms with Gasteiger partial charge in [-0.2, -0.15) is 0 Å². The van der Waals surface area contributed by atoms with Gasteiger partial charge >= 0.3 is 0 Å². The molecule has 12 rings (SSSR count). The van der Waals surface area contributed by atoms with Crippen LogP contribution in [0.5, 0.6) is 11.5 Å². The quantitative estimate of drug-likeness (QED) is 0.0895. The van der Waals surface area contributed by atoms with Gasteiger partial charge in [0.15, 0.2) is 0 Å². The van der Waals surface area contributed by atoms with E-state index in [1.54, 1.807) is 0 Å². The van der Waals surface area contributed by atoms with Crippen molar-refractivity contribution in [2.24, 2.45) is 0 Å².